The molecule has 0 aliphatic heterocycles. The Morgan fingerprint density at radius 1 is 1.08 bits per heavy atom. The number of hydrogen-bond donors (Lipinski definition) is 0. The molecule has 1 fully saturated rings. The van der Waals surface area contributed by atoms with Crippen molar-refractivity contribution in [2.75, 3.05) is 34.2 Å². The molecular weight excluding hydrogens is 160 g/mol. The van der Waals surface area contributed by atoms with E-state index in [1.54, 1.807) is 0 Å². The van der Waals surface area contributed by atoms with E-state index in [1.807, 2.05) is 0 Å². The summed E-state index contributed by atoms with van der Waals surface area (Å²) in [6.07, 6.45) is 4.24. The smallest absolute Gasteiger partial charge is 0.0109 e. The highest BCUT2D eigenvalue weighted by Gasteiger charge is 2.24. The van der Waals surface area contributed by atoms with Gasteiger partial charge >= 0.3 is 0 Å². The molecule has 0 bridgehead atoms. The molecule has 0 amide bonds. The van der Waals surface area contributed by atoms with Gasteiger partial charge in [-0.3, -0.25) is 0 Å². The minimum Gasteiger partial charge on any atom is -0.308 e. The van der Waals surface area contributed by atoms with Crippen LogP contribution in [0.4, 0.5) is 0 Å². The highest BCUT2D eigenvalue weighted by molar-refractivity contribution is 4.79. The first-order chi connectivity index (χ1) is 6.09. The fourth-order valence-corrected chi connectivity index (χ4v) is 2.12. The molecule has 1 saturated carbocycles. The molecule has 1 aliphatic rings. The zero-order valence-electron chi connectivity index (χ0n) is 9.58. The average molecular weight is 184 g/mol. The quantitative estimate of drug-likeness (QED) is 0.656. The molecule has 1 rings (SSSR count). The fraction of sp³-hybridized carbons (Fsp3) is 1.00. The summed E-state index contributed by atoms with van der Waals surface area (Å²) in [6, 6.07) is 0.856. The fourth-order valence-electron chi connectivity index (χ4n) is 2.12. The van der Waals surface area contributed by atoms with Crippen LogP contribution in [-0.2, 0) is 0 Å². The summed E-state index contributed by atoms with van der Waals surface area (Å²) in [7, 11) is 6.56. The van der Waals surface area contributed by atoms with Gasteiger partial charge in [-0.15, -0.1) is 0 Å². The summed E-state index contributed by atoms with van der Waals surface area (Å²) in [5.41, 5.74) is 0. The molecule has 0 aromatic heterocycles. The Morgan fingerprint density at radius 3 is 2.23 bits per heavy atom. The van der Waals surface area contributed by atoms with E-state index in [2.05, 4.69) is 37.9 Å². The molecule has 0 N–H and O–H groups in total. The molecule has 0 heterocycles. The lowest BCUT2D eigenvalue weighted by Gasteiger charge is -2.25. The molecule has 13 heavy (non-hydrogen) atoms. The first kappa shape index (κ1) is 11.0. The van der Waals surface area contributed by atoms with Crippen LogP contribution in [0.25, 0.3) is 0 Å². The van der Waals surface area contributed by atoms with E-state index in [-0.39, 0.29) is 0 Å². The summed E-state index contributed by atoms with van der Waals surface area (Å²) in [5, 5.41) is 0. The van der Waals surface area contributed by atoms with E-state index >= 15 is 0 Å². The van der Waals surface area contributed by atoms with Crippen LogP contribution in [0.1, 0.15) is 26.2 Å². The van der Waals surface area contributed by atoms with E-state index in [4.69, 9.17) is 0 Å². The lowest BCUT2D eigenvalue weighted by atomic mass is 10.1. The Bertz CT molecular complexity index is 145. The van der Waals surface area contributed by atoms with E-state index in [1.165, 1.54) is 32.4 Å². The van der Waals surface area contributed by atoms with Crippen LogP contribution in [0.2, 0.25) is 0 Å². The zero-order valence-corrected chi connectivity index (χ0v) is 9.58. The molecule has 2 heteroatoms. The van der Waals surface area contributed by atoms with Crippen LogP contribution in [0.3, 0.4) is 0 Å². The summed E-state index contributed by atoms with van der Waals surface area (Å²) < 4.78 is 0. The Hall–Kier alpha value is -0.0800. The van der Waals surface area contributed by atoms with Crippen LogP contribution in [0.5, 0.6) is 0 Å². The van der Waals surface area contributed by atoms with Gasteiger partial charge in [0.2, 0.25) is 0 Å². The van der Waals surface area contributed by atoms with Crippen molar-refractivity contribution in [3.8, 4) is 0 Å². The van der Waals surface area contributed by atoms with Crippen LogP contribution in [0.15, 0.2) is 0 Å². The monoisotopic (exact) mass is 184 g/mol. The molecule has 78 valence electrons. The molecule has 0 aromatic carbocycles. The second kappa shape index (κ2) is 4.97. The third-order valence-corrected chi connectivity index (χ3v) is 3.19. The largest absolute Gasteiger partial charge is 0.308 e. The highest BCUT2D eigenvalue weighted by Crippen LogP contribution is 2.27. The molecular formula is C11H24N2. The number of rotatable bonds is 4. The normalized spacial score (nSPS) is 29.1. The SMILES string of the molecule is C[C@H]1CC[C@@H](N(C)CCN(C)C)C1. The number of nitrogens with zero attached hydrogens (tertiary/aromatic N) is 2. The topological polar surface area (TPSA) is 6.48 Å². The Balaban J connectivity index is 2.19. The maximum Gasteiger partial charge on any atom is 0.0109 e. The second-order valence-corrected chi connectivity index (χ2v) is 4.86. The third kappa shape index (κ3) is 3.65. The molecule has 0 radical (unpaired) electrons. The standard InChI is InChI=1S/C11H24N2/c1-10-5-6-11(9-10)13(4)8-7-12(2)3/h10-11H,5-9H2,1-4H3/t10-,11+/m0/s1. The van der Waals surface area contributed by atoms with Gasteiger partial charge in [-0.2, -0.15) is 0 Å². The molecule has 0 spiro atoms. The minimum atomic E-state index is 0.856. The van der Waals surface area contributed by atoms with E-state index in [0.29, 0.717) is 0 Å². The van der Waals surface area contributed by atoms with Gasteiger partial charge in [0.1, 0.15) is 0 Å². The van der Waals surface area contributed by atoms with Crippen molar-refractivity contribution in [3.05, 3.63) is 0 Å². The van der Waals surface area contributed by atoms with Gasteiger partial charge < -0.3 is 9.80 Å². The van der Waals surface area contributed by atoms with Gasteiger partial charge in [0.25, 0.3) is 0 Å². The van der Waals surface area contributed by atoms with E-state index in [0.717, 1.165) is 12.0 Å². The first-order valence-electron chi connectivity index (χ1n) is 5.44. The van der Waals surface area contributed by atoms with E-state index < -0.39 is 0 Å². The van der Waals surface area contributed by atoms with Crippen molar-refractivity contribution in [1.29, 1.82) is 0 Å². The van der Waals surface area contributed by atoms with Crippen LogP contribution in [0, 0.1) is 5.92 Å². The lowest BCUT2D eigenvalue weighted by molar-refractivity contribution is 0.216. The summed E-state index contributed by atoms with van der Waals surface area (Å²) in [6.45, 7) is 4.77. The van der Waals surface area contributed by atoms with Gasteiger partial charge in [0.05, 0.1) is 0 Å². The molecule has 0 aromatic rings. The van der Waals surface area contributed by atoms with Crippen LogP contribution >= 0.6 is 0 Å². The molecule has 0 saturated heterocycles. The van der Waals surface area contributed by atoms with Gasteiger partial charge in [-0.05, 0) is 46.3 Å². The highest BCUT2D eigenvalue weighted by atomic mass is 15.2. The maximum atomic E-state index is 2.53. The minimum absolute atomic E-state index is 0.856. The second-order valence-electron chi connectivity index (χ2n) is 4.86. The molecule has 0 unspecified atom stereocenters. The average Bonchev–Trinajstić information content (AvgIpc) is 2.47. The number of likely N-dealkylation sites (N-methyl/N-ethyl adjacent to an activating group) is 2. The lowest BCUT2D eigenvalue weighted by Crippen LogP contribution is -2.35. The molecule has 2 nitrogen and oxygen atoms in total. The van der Waals surface area contributed by atoms with Crippen molar-refractivity contribution in [2.24, 2.45) is 5.92 Å². The van der Waals surface area contributed by atoms with Crippen molar-refractivity contribution in [3.63, 3.8) is 0 Å². The molecule has 2 atom stereocenters. The maximum absolute atomic E-state index is 2.53. The van der Waals surface area contributed by atoms with Crippen molar-refractivity contribution >= 4 is 0 Å². The third-order valence-electron chi connectivity index (χ3n) is 3.19. The van der Waals surface area contributed by atoms with Crippen LogP contribution in [-0.4, -0.2) is 50.1 Å². The Morgan fingerprint density at radius 2 is 1.77 bits per heavy atom. The summed E-state index contributed by atoms with van der Waals surface area (Å²) >= 11 is 0. The van der Waals surface area contributed by atoms with Gasteiger partial charge in [0, 0.05) is 19.1 Å². The number of hydrogen-bond acceptors (Lipinski definition) is 2. The van der Waals surface area contributed by atoms with Gasteiger partial charge in [0.15, 0.2) is 0 Å². The summed E-state index contributed by atoms with van der Waals surface area (Å²) in [4.78, 5) is 4.79. The van der Waals surface area contributed by atoms with Gasteiger partial charge in [-0.1, -0.05) is 6.92 Å². The van der Waals surface area contributed by atoms with Crippen LogP contribution < -0.4 is 0 Å². The zero-order chi connectivity index (χ0) is 9.84. The van der Waals surface area contributed by atoms with Crippen molar-refractivity contribution in [2.45, 2.75) is 32.2 Å². The van der Waals surface area contributed by atoms with Crippen molar-refractivity contribution in [1.82, 2.24) is 9.80 Å². The first-order valence-corrected chi connectivity index (χ1v) is 5.44. The summed E-state index contributed by atoms with van der Waals surface area (Å²) in [5.74, 6) is 0.951. The Labute approximate surface area is 82.9 Å². The molecule has 1 aliphatic carbocycles. The predicted molar refractivity (Wildman–Crippen MR) is 58.0 cm³/mol. The van der Waals surface area contributed by atoms with Gasteiger partial charge in [-0.25, -0.2) is 0 Å². The van der Waals surface area contributed by atoms with Crippen molar-refractivity contribution < 1.29 is 0 Å². The predicted octanol–water partition coefficient (Wildman–Crippen LogP) is 1.67. The Kier molecular flexibility index (Phi) is 4.20. The van der Waals surface area contributed by atoms with E-state index in [9.17, 15) is 0 Å².